The maximum Gasteiger partial charge on any atom is 0.178 e. The summed E-state index contributed by atoms with van der Waals surface area (Å²) < 4.78 is 22.9. The summed E-state index contributed by atoms with van der Waals surface area (Å²) in [5, 5.41) is 0. The SMILES string of the molecule is CCS(=O)(=O)c1ccc(CNN)cc1. The Kier molecular flexibility index (Phi) is 3.62. The second kappa shape index (κ2) is 4.54. The van der Waals surface area contributed by atoms with Gasteiger partial charge in [0.05, 0.1) is 10.6 Å². The molecule has 0 fully saturated rings. The van der Waals surface area contributed by atoms with Gasteiger partial charge in [-0.2, -0.15) is 0 Å². The van der Waals surface area contributed by atoms with E-state index in [4.69, 9.17) is 5.84 Å². The molecule has 0 amide bonds. The van der Waals surface area contributed by atoms with Crippen LogP contribution in [0.15, 0.2) is 29.2 Å². The smallest absolute Gasteiger partial charge is 0.178 e. The van der Waals surface area contributed by atoms with Crippen molar-refractivity contribution in [3.63, 3.8) is 0 Å². The fraction of sp³-hybridized carbons (Fsp3) is 0.333. The highest BCUT2D eigenvalue weighted by molar-refractivity contribution is 7.91. The topological polar surface area (TPSA) is 72.2 Å². The summed E-state index contributed by atoms with van der Waals surface area (Å²) >= 11 is 0. The average Bonchev–Trinajstić information content (AvgIpc) is 2.19. The van der Waals surface area contributed by atoms with Crippen LogP contribution >= 0.6 is 0 Å². The van der Waals surface area contributed by atoms with E-state index >= 15 is 0 Å². The molecule has 0 heterocycles. The lowest BCUT2D eigenvalue weighted by atomic mass is 10.2. The highest BCUT2D eigenvalue weighted by Gasteiger charge is 2.10. The molecule has 0 spiro atoms. The molecule has 1 rings (SSSR count). The van der Waals surface area contributed by atoms with Crippen molar-refractivity contribution in [3.05, 3.63) is 29.8 Å². The van der Waals surface area contributed by atoms with Gasteiger partial charge in [-0.15, -0.1) is 0 Å². The number of sulfone groups is 1. The molecule has 0 radical (unpaired) electrons. The normalized spacial score (nSPS) is 11.6. The molecule has 0 unspecified atom stereocenters. The fourth-order valence-corrected chi connectivity index (χ4v) is 1.98. The Morgan fingerprint density at radius 3 is 2.29 bits per heavy atom. The molecule has 0 aromatic heterocycles. The molecular weight excluding hydrogens is 200 g/mol. The standard InChI is InChI=1S/C9H14N2O2S/c1-2-14(12,13)9-5-3-8(4-6-9)7-11-10/h3-6,11H,2,7,10H2,1H3. The second-order valence-electron chi connectivity index (χ2n) is 2.93. The molecule has 4 nitrogen and oxygen atoms in total. The lowest BCUT2D eigenvalue weighted by Gasteiger charge is -2.03. The lowest BCUT2D eigenvalue weighted by molar-refractivity contribution is 0.597. The summed E-state index contributed by atoms with van der Waals surface area (Å²) in [5.41, 5.74) is 3.47. The lowest BCUT2D eigenvalue weighted by Crippen LogP contribution is -2.20. The van der Waals surface area contributed by atoms with Crippen LogP contribution in [0.25, 0.3) is 0 Å². The summed E-state index contributed by atoms with van der Waals surface area (Å²) in [6.07, 6.45) is 0. The molecule has 0 saturated heterocycles. The van der Waals surface area contributed by atoms with E-state index in [9.17, 15) is 8.42 Å². The van der Waals surface area contributed by atoms with Crippen LogP contribution in [0.1, 0.15) is 12.5 Å². The van der Waals surface area contributed by atoms with Gasteiger partial charge in [-0.1, -0.05) is 19.1 Å². The third-order valence-electron chi connectivity index (χ3n) is 1.97. The highest BCUT2D eigenvalue weighted by Crippen LogP contribution is 2.11. The Bertz CT molecular complexity index is 384. The second-order valence-corrected chi connectivity index (χ2v) is 5.21. The van der Waals surface area contributed by atoms with Crippen molar-refractivity contribution in [1.29, 1.82) is 0 Å². The first-order valence-corrected chi connectivity index (χ1v) is 6.00. The minimum absolute atomic E-state index is 0.126. The van der Waals surface area contributed by atoms with Crippen molar-refractivity contribution in [1.82, 2.24) is 5.43 Å². The number of benzene rings is 1. The van der Waals surface area contributed by atoms with Gasteiger partial charge < -0.3 is 0 Å². The zero-order valence-corrected chi connectivity index (χ0v) is 8.84. The number of nitrogens with one attached hydrogen (secondary N) is 1. The first-order valence-electron chi connectivity index (χ1n) is 4.35. The molecule has 0 aliphatic carbocycles. The van der Waals surface area contributed by atoms with Crippen molar-refractivity contribution in [2.24, 2.45) is 5.84 Å². The van der Waals surface area contributed by atoms with Crippen LogP contribution in [0.3, 0.4) is 0 Å². The molecule has 0 aliphatic rings. The maximum absolute atomic E-state index is 11.4. The van der Waals surface area contributed by atoms with Crippen LogP contribution in [-0.2, 0) is 16.4 Å². The summed E-state index contributed by atoms with van der Waals surface area (Å²) in [5.74, 6) is 5.27. The van der Waals surface area contributed by atoms with Crippen molar-refractivity contribution in [2.75, 3.05) is 5.75 Å². The van der Waals surface area contributed by atoms with Gasteiger partial charge in [0.1, 0.15) is 0 Å². The van der Waals surface area contributed by atoms with Gasteiger partial charge >= 0.3 is 0 Å². The minimum Gasteiger partial charge on any atom is -0.271 e. The zero-order chi connectivity index (χ0) is 10.6. The molecule has 0 saturated carbocycles. The Labute approximate surface area is 84.0 Å². The van der Waals surface area contributed by atoms with E-state index < -0.39 is 9.84 Å². The van der Waals surface area contributed by atoms with E-state index in [1.807, 2.05) is 0 Å². The van der Waals surface area contributed by atoms with Gasteiger partial charge in [-0.05, 0) is 17.7 Å². The van der Waals surface area contributed by atoms with Crippen LogP contribution in [0, 0.1) is 0 Å². The number of nitrogens with two attached hydrogens (primary N) is 1. The zero-order valence-electron chi connectivity index (χ0n) is 8.03. The number of hydrazine groups is 1. The summed E-state index contributed by atoms with van der Waals surface area (Å²) in [6.45, 7) is 2.16. The molecule has 14 heavy (non-hydrogen) atoms. The average molecular weight is 214 g/mol. The Hall–Kier alpha value is -0.910. The van der Waals surface area contributed by atoms with Crippen LogP contribution < -0.4 is 11.3 Å². The number of rotatable bonds is 4. The number of hydrogen-bond donors (Lipinski definition) is 2. The van der Waals surface area contributed by atoms with Gasteiger partial charge in [0.15, 0.2) is 9.84 Å². The van der Waals surface area contributed by atoms with Crippen molar-refractivity contribution in [2.45, 2.75) is 18.4 Å². The van der Waals surface area contributed by atoms with Gasteiger partial charge in [0, 0.05) is 6.54 Å². The first kappa shape index (κ1) is 11.2. The minimum atomic E-state index is -3.08. The first-order chi connectivity index (χ1) is 6.60. The highest BCUT2D eigenvalue weighted by atomic mass is 32.2. The third kappa shape index (κ3) is 2.54. The molecule has 0 bridgehead atoms. The summed E-state index contributed by atoms with van der Waals surface area (Å²) in [6, 6.07) is 6.71. The predicted octanol–water partition coefficient (Wildman–Crippen LogP) is 0.443. The fourth-order valence-electron chi connectivity index (χ4n) is 1.10. The third-order valence-corrected chi connectivity index (χ3v) is 3.72. The molecule has 0 atom stereocenters. The Morgan fingerprint density at radius 1 is 1.29 bits per heavy atom. The Morgan fingerprint density at radius 2 is 1.86 bits per heavy atom. The largest absolute Gasteiger partial charge is 0.271 e. The van der Waals surface area contributed by atoms with E-state index in [1.54, 1.807) is 31.2 Å². The van der Waals surface area contributed by atoms with Crippen LogP contribution in [0.5, 0.6) is 0 Å². The van der Waals surface area contributed by atoms with E-state index in [-0.39, 0.29) is 5.75 Å². The monoisotopic (exact) mass is 214 g/mol. The molecule has 0 aliphatic heterocycles. The van der Waals surface area contributed by atoms with Gasteiger partial charge in [-0.25, -0.2) is 8.42 Å². The predicted molar refractivity (Wildman–Crippen MR) is 55.2 cm³/mol. The molecule has 3 N–H and O–H groups in total. The molecule has 78 valence electrons. The van der Waals surface area contributed by atoms with E-state index in [1.165, 1.54) is 0 Å². The van der Waals surface area contributed by atoms with E-state index in [2.05, 4.69) is 5.43 Å². The molecule has 5 heteroatoms. The number of hydrogen-bond acceptors (Lipinski definition) is 4. The Balaban J connectivity index is 2.94. The summed E-state index contributed by atoms with van der Waals surface area (Å²) in [7, 11) is -3.08. The van der Waals surface area contributed by atoms with Crippen LogP contribution in [-0.4, -0.2) is 14.2 Å². The van der Waals surface area contributed by atoms with Crippen molar-refractivity contribution < 1.29 is 8.42 Å². The summed E-state index contributed by atoms with van der Waals surface area (Å²) in [4.78, 5) is 0.362. The van der Waals surface area contributed by atoms with E-state index in [0.29, 0.717) is 11.4 Å². The molecule has 1 aromatic rings. The van der Waals surface area contributed by atoms with Gasteiger partial charge in [0.2, 0.25) is 0 Å². The molecular formula is C9H14N2O2S. The van der Waals surface area contributed by atoms with Crippen molar-refractivity contribution >= 4 is 9.84 Å². The van der Waals surface area contributed by atoms with Gasteiger partial charge in [-0.3, -0.25) is 11.3 Å². The van der Waals surface area contributed by atoms with Crippen LogP contribution in [0.2, 0.25) is 0 Å². The van der Waals surface area contributed by atoms with Crippen molar-refractivity contribution in [3.8, 4) is 0 Å². The quantitative estimate of drug-likeness (QED) is 0.563. The molecule has 1 aromatic carbocycles. The van der Waals surface area contributed by atoms with Gasteiger partial charge in [0.25, 0.3) is 0 Å². The van der Waals surface area contributed by atoms with E-state index in [0.717, 1.165) is 5.56 Å². The maximum atomic E-state index is 11.4. The van der Waals surface area contributed by atoms with Crippen LogP contribution in [0.4, 0.5) is 0 Å².